The summed E-state index contributed by atoms with van der Waals surface area (Å²) in [6, 6.07) is 3.56. The van der Waals surface area contributed by atoms with Crippen LogP contribution in [0.25, 0.3) is 0 Å². The van der Waals surface area contributed by atoms with E-state index in [2.05, 4.69) is 10.0 Å². The van der Waals surface area contributed by atoms with E-state index in [0.717, 1.165) is 24.3 Å². The minimum Gasteiger partial charge on any atom is -0.447 e. The maximum absolute atomic E-state index is 12.2. The summed E-state index contributed by atoms with van der Waals surface area (Å²) in [4.78, 5) is 0. The number of nitrogens with one attached hydrogen (secondary N) is 2. The Morgan fingerprint density at radius 1 is 1.33 bits per heavy atom. The highest BCUT2D eigenvalue weighted by atomic mass is 32.2. The SMILES string of the molecule is CC(C)NCc1ccc(S(=O)(=O)NCC2CCSCC2)o1. The van der Waals surface area contributed by atoms with Gasteiger partial charge in [-0.15, -0.1) is 0 Å². The van der Waals surface area contributed by atoms with Gasteiger partial charge in [0.25, 0.3) is 10.0 Å². The molecule has 1 aliphatic heterocycles. The van der Waals surface area contributed by atoms with Crippen molar-refractivity contribution in [3.63, 3.8) is 0 Å². The van der Waals surface area contributed by atoms with Gasteiger partial charge in [0.1, 0.15) is 5.76 Å². The van der Waals surface area contributed by atoms with Gasteiger partial charge in [0.05, 0.1) is 6.54 Å². The third kappa shape index (κ3) is 5.32. The molecule has 0 aromatic carbocycles. The lowest BCUT2D eigenvalue weighted by atomic mass is 10.0. The van der Waals surface area contributed by atoms with Gasteiger partial charge in [-0.05, 0) is 42.4 Å². The topological polar surface area (TPSA) is 71.3 Å². The first-order valence-electron chi connectivity index (χ1n) is 7.37. The van der Waals surface area contributed by atoms with Gasteiger partial charge in [-0.25, -0.2) is 13.1 Å². The molecule has 7 heteroatoms. The molecule has 0 saturated carbocycles. The van der Waals surface area contributed by atoms with E-state index >= 15 is 0 Å². The van der Waals surface area contributed by atoms with E-state index in [0.29, 0.717) is 30.8 Å². The molecule has 0 unspecified atom stereocenters. The van der Waals surface area contributed by atoms with Crippen LogP contribution in [0.5, 0.6) is 0 Å². The van der Waals surface area contributed by atoms with Gasteiger partial charge in [-0.3, -0.25) is 0 Å². The number of hydrogen-bond donors (Lipinski definition) is 2. The van der Waals surface area contributed by atoms with Crippen LogP contribution < -0.4 is 10.0 Å². The zero-order valence-corrected chi connectivity index (χ0v) is 14.2. The Balaban J connectivity index is 1.89. The van der Waals surface area contributed by atoms with Crippen LogP contribution in [0, 0.1) is 5.92 Å². The van der Waals surface area contributed by atoms with Crippen molar-refractivity contribution in [1.29, 1.82) is 0 Å². The molecule has 1 saturated heterocycles. The Hall–Kier alpha value is -0.500. The fourth-order valence-corrected chi connectivity index (χ4v) is 4.42. The van der Waals surface area contributed by atoms with Crippen molar-refractivity contribution in [3.05, 3.63) is 17.9 Å². The third-order valence-electron chi connectivity index (χ3n) is 3.49. The van der Waals surface area contributed by atoms with Crippen LogP contribution in [-0.4, -0.2) is 32.5 Å². The van der Waals surface area contributed by atoms with Crippen molar-refractivity contribution < 1.29 is 12.8 Å². The monoisotopic (exact) mass is 332 g/mol. The lowest BCUT2D eigenvalue weighted by Crippen LogP contribution is -2.30. The molecule has 1 fully saturated rings. The molecule has 2 heterocycles. The molecule has 0 bridgehead atoms. The van der Waals surface area contributed by atoms with Gasteiger partial charge in [-0.2, -0.15) is 11.8 Å². The molecule has 2 rings (SSSR count). The second-order valence-corrected chi connectivity index (χ2v) is 8.59. The molecule has 1 aromatic rings. The van der Waals surface area contributed by atoms with Gasteiger partial charge in [0.15, 0.2) is 0 Å². The van der Waals surface area contributed by atoms with Crippen molar-refractivity contribution in [2.24, 2.45) is 5.92 Å². The Morgan fingerprint density at radius 3 is 2.71 bits per heavy atom. The average Bonchev–Trinajstić information content (AvgIpc) is 2.94. The highest BCUT2D eigenvalue weighted by Gasteiger charge is 2.21. The summed E-state index contributed by atoms with van der Waals surface area (Å²) in [5, 5.41) is 3.21. The Bertz CT molecular complexity index is 534. The van der Waals surface area contributed by atoms with Crippen molar-refractivity contribution in [2.75, 3.05) is 18.1 Å². The smallest absolute Gasteiger partial charge is 0.273 e. The predicted octanol–water partition coefficient (Wildman–Crippen LogP) is 2.20. The number of hydrogen-bond acceptors (Lipinski definition) is 5. The van der Waals surface area contributed by atoms with Gasteiger partial charge in [0.2, 0.25) is 5.09 Å². The maximum Gasteiger partial charge on any atom is 0.273 e. The van der Waals surface area contributed by atoms with E-state index in [9.17, 15) is 8.42 Å². The number of furan rings is 1. The summed E-state index contributed by atoms with van der Waals surface area (Å²) in [6.45, 7) is 5.10. The number of rotatable bonds is 7. The Morgan fingerprint density at radius 2 is 2.05 bits per heavy atom. The van der Waals surface area contributed by atoms with Gasteiger partial charge in [-0.1, -0.05) is 13.8 Å². The molecule has 0 spiro atoms. The molecule has 120 valence electrons. The van der Waals surface area contributed by atoms with E-state index in [1.54, 1.807) is 6.07 Å². The quantitative estimate of drug-likeness (QED) is 0.801. The molecule has 5 nitrogen and oxygen atoms in total. The van der Waals surface area contributed by atoms with Crippen LogP contribution in [0.2, 0.25) is 0 Å². The number of sulfonamides is 1. The molecule has 1 aliphatic rings. The highest BCUT2D eigenvalue weighted by Crippen LogP contribution is 2.22. The first-order chi connectivity index (χ1) is 9.97. The summed E-state index contributed by atoms with van der Waals surface area (Å²) in [6.07, 6.45) is 2.16. The van der Waals surface area contributed by atoms with E-state index in [4.69, 9.17) is 4.42 Å². The fourth-order valence-electron chi connectivity index (χ4n) is 2.15. The average molecular weight is 332 g/mol. The molecule has 1 aromatic heterocycles. The minimum absolute atomic E-state index is 0.00763. The summed E-state index contributed by atoms with van der Waals surface area (Å²) < 4.78 is 32.5. The summed E-state index contributed by atoms with van der Waals surface area (Å²) in [5.41, 5.74) is 0. The van der Waals surface area contributed by atoms with Crippen molar-refractivity contribution in [1.82, 2.24) is 10.0 Å². The van der Waals surface area contributed by atoms with Crippen molar-refractivity contribution in [3.8, 4) is 0 Å². The lowest BCUT2D eigenvalue weighted by molar-refractivity contribution is 0.390. The molecule has 0 aliphatic carbocycles. The van der Waals surface area contributed by atoms with Crippen LogP contribution in [0.4, 0.5) is 0 Å². The van der Waals surface area contributed by atoms with E-state index in [1.807, 2.05) is 25.6 Å². The minimum atomic E-state index is -3.53. The normalized spacial score (nSPS) is 17.5. The van der Waals surface area contributed by atoms with E-state index < -0.39 is 10.0 Å². The van der Waals surface area contributed by atoms with Crippen LogP contribution in [0.15, 0.2) is 21.6 Å². The summed E-state index contributed by atoms with van der Waals surface area (Å²) in [7, 11) is -3.53. The third-order valence-corrected chi connectivity index (χ3v) is 5.83. The highest BCUT2D eigenvalue weighted by molar-refractivity contribution is 7.99. The van der Waals surface area contributed by atoms with Crippen molar-refractivity contribution in [2.45, 2.75) is 44.4 Å². The second kappa shape index (κ2) is 7.67. The zero-order valence-electron chi connectivity index (χ0n) is 12.6. The fraction of sp³-hybridized carbons (Fsp3) is 0.714. The first-order valence-corrected chi connectivity index (χ1v) is 10.0. The Labute approximate surface area is 131 Å². The summed E-state index contributed by atoms with van der Waals surface area (Å²) >= 11 is 1.94. The number of thioether (sulfide) groups is 1. The predicted molar refractivity (Wildman–Crippen MR) is 85.9 cm³/mol. The Kier molecular flexibility index (Phi) is 6.16. The lowest BCUT2D eigenvalue weighted by Gasteiger charge is -2.21. The van der Waals surface area contributed by atoms with E-state index in [1.165, 1.54) is 6.07 Å². The van der Waals surface area contributed by atoms with E-state index in [-0.39, 0.29) is 5.09 Å². The van der Waals surface area contributed by atoms with Crippen LogP contribution in [0.3, 0.4) is 0 Å². The molecule has 21 heavy (non-hydrogen) atoms. The van der Waals surface area contributed by atoms with Crippen molar-refractivity contribution >= 4 is 21.8 Å². The van der Waals surface area contributed by atoms with Gasteiger partial charge >= 0.3 is 0 Å². The second-order valence-electron chi connectivity index (χ2n) is 5.66. The zero-order chi connectivity index (χ0) is 15.3. The first kappa shape index (κ1) is 16.9. The molecule has 0 amide bonds. The van der Waals surface area contributed by atoms with Crippen LogP contribution in [0.1, 0.15) is 32.4 Å². The molecule has 0 radical (unpaired) electrons. The standard InChI is InChI=1S/C14H24N2O3S2/c1-11(2)15-10-13-3-4-14(19-13)21(17,18)16-9-12-5-7-20-8-6-12/h3-4,11-12,15-16H,5-10H2,1-2H3. The van der Waals surface area contributed by atoms with Crippen LogP contribution >= 0.6 is 11.8 Å². The molecule has 0 atom stereocenters. The van der Waals surface area contributed by atoms with Gasteiger partial charge < -0.3 is 9.73 Å². The largest absolute Gasteiger partial charge is 0.447 e. The molecular weight excluding hydrogens is 308 g/mol. The van der Waals surface area contributed by atoms with Crippen LogP contribution in [-0.2, 0) is 16.6 Å². The molecule has 2 N–H and O–H groups in total. The van der Waals surface area contributed by atoms with Gasteiger partial charge in [0, 0.05) is 12.6 Å². The maximum atomic E-state index is 12.2. The summed E-state index contributed by atoms with van der Waals surface area (Å²) in [5.74, 6) is 3.33. The molecular formula is C14H24N2O3S2.